The van der Waals surface area contributed by atoms with Gasteiger partial charge in [-0.05, 0) is 66.2 Å². The van der Waals surface area contributed by atoms with Crippen LogP contribution in [0.15, 0.2) is 97.5 Å². The number of hydrogen-bond acceptors (Lipinski definition) is 7. The smallest absolute Gasteiger partial charge is 0.255 e. The molecule has 0 aliphatic carbocycles. The van der Waals surface area contributed by atoms with Crippen molar-refractivity contribution in [1.82, 2.24) is 34.9 Å². The van der Waals surface area contributed by atoms with Crippen molar-refractivity contribution < 1.29 is 17.6 Å². The summed E-state index contributed by atoms with van der Waals surface area (Å²) in [5, 5.41) is 11.2. The molecule has 1 amide bonds. The fraction of sp³-hybridized carbons (Fsp3) is 0.0606. The van der Waals surface area contributed by atoms with Crippen molar-refractivity contribution in [1.29, 1.82) is 0 Å². The molecule has 5 aromatic heterocycles. The zero-order valence-electron chi connectivity index (χ0n) is 24.2. The van der Waals surface area contributed by atoms with Gasteiger partial charge in [0.1, 0.15) is 17.0 Å². The molecule has 0 atom stereocenters. The van der Waals surface area contributed by atoms with Crippen molar-refractivity contribution >= 4 is 43.6 Å². The lowest BCUT2D eigenvalue weighted by Gasteiger charge is -2.08. The molecule has 0 bridgehead atoms. The van der Waals surface area contributed by atoms with Gasteiger partial charge in [0.25, 0.3) is 5.91 Å². The van der Waals surface area contributed by atoms with E-state index in [-0.39, 0.29) is 12.5 Å². The standard InChI is InChI=1S/C33H25FN8O3S/c1-46(44,45)37-16-19-11-21(13-23(34)12-19)30-25-15-29(39-27(25)9-10-36-30)32-31-28(41-42-32)8-7-26(40-31)22-14-24(18-35-17-22)38-33(43)20-5-3-2-4-6-20/h2-15,17-18,37,39H,16H2,1H3,(H,38,43)(H,41,42). The lowest BCUT2D eigenvalue weighted by molar-refractivity contribution is 0.102. The number of hydrogen-bond donors (Lipinski definition) is 4. The molecule has 0 saturated carbocycles. The number of aromatic nitrogens is 6. The number of sulfonamides is 1. The summed E-state index contributed by atoms with van der Waals surface area (Å²) in [5.41, 5.74) is 7.19. The van der Waals surface area contributed by atoms with Crippen LogP contribution in [0, 0.1) is 5.82 Å². The Labute approximate surface area is 262 Å². The van der Waals surface area contributed by atoms with E-state index >= 15 is 0 Å². The third kappa shape index (κ3) is 5.96. The quantitative estimate of drug-likeness (QED) is 0.168. The Morgan fingerprint density at radius 2 is 1.76 bits per heavy atom. The van der Waals surface area contributed by atoms with E-state index < -0.39 is 15.8 Å². The largest absolute Gasteiger partial charge is 0.353 e. The van der Waals surface area contributed by atoms with Crippen molar-refractivity contribution in [2.45, 2.75) is 6.54 Å². The van der Waals surface area contributed by atoms with E-state index in [9.17, 15) is 17.6 Å². The molecule has 2 aromatic carbocycles. The van der Waals surface area contributed by atoms with Gasteiger partial charge in [0, 0.05) is 46.5 Å². The van der Waals surface area contributed by atoms with Gasteiger partial charge in [0.05, 0.1) is 40.7 Å². The minimum absolute atomic E-state index is 0.0525. The fourth-order valence-electron chi connectivity index (χ4n) is 5.20. The minimum Gasteiger partial charge on any atom is -0.353 e. The number of fused-ring (bicyclic) bond motifs is 2. The summed E-state index contributed by atoms with van der Waals surface area (Å²) in [6, 6.07) is 22.5. The Kier molecular flexibility index (Phi) is 7.31. The van der Waals surface area contributed by atoms with Gasteiger partial charge in [-0.1, -0.05) is 18.2 Å². The molecule has 0 saturated heterocycles. The highest BCUT2D eigenvalue weighted by atomic mass is 32.2. The lowest BCUT2D eigenvalue weighted by Crippen LogP contribution is -2.21. The number of nitrogens with zero attached hydrogens (tertiary/aromatic N) is 4. The number of amides is 1. The molecule has 0 fully saturated rings. The number of aromatic amines is 2. The van der Waals surface area contributed by atoms with Crippen molar-refractivity contribution in [3.05, 3.63) is 114 Å². The third-order valence-corrected chi connectivity index (χ3v) is 7.98. The molecule has 0 aliphatic rings. The van der Waals surface area contributed by atoms with Crippen molar-refractivity contribution in [2.24, 2.45) is 0 Å². The van der Waals surface area contributed by atoms with Crippen LogP contribution in [0.25, 0.3) is 55.8 Å². The minimum atomic E-state index is -3.45. The predicted molar refractivity (Wildman–Crippen MR) is 174 cm³/mol. The van der Waals surface area contributed by atoms with E-state index in [1.54, 1.807) is 55.0 Å². The van der Waals surface area contributed by atoms with Crippen LogP contribution in [0.3, 0.4) is 0 Å². The van der Waals surface area contributed by atoms with Crippen LogP contribution in [0.4, 0.5) is 10.1 Å². The Morgan fingerprint density at radius 1 is 0.913 bits per heavy atom. The first-order chi connectivity index (χ1) is 22.2. The predicted octanol–water partition coefficient (Wildman–Crippen LogP) is 5.67. The summed E-state index contributed by atoms with van der Waals surface area (Å²) >= 11 is 0. The summed E-state index contributed by atoms with van der Waals surface area (Å²) in [5.74, 6) is -0.752. The van der Waals surface area contributed by atoms with Gasteiger partial charge in [-0.2, -0.15) is 5.10 Å². The van der Waals surface area contributed by atoms with Gasteiger partial charge in [-0.25, -0.2) is 22.5 Å². The van der Waals surface area contributed by atoms with Crippen LogP contribution in [0.1, 0.15) is 15.9 Å². The lowest BCUT2D eigenvalue weighted by atomic mass is 10.0. The maximum Gasteiger partial charge on any atom is 0.255 e. The van der Waals surface area contributed by atoms with E-state index in [4.69, 9.17) is 4.98 Å². The molecule has 46 heavy (non-hydrogen) atoms. The van der Waals surface area contributed by atoms with Crippen molar-refractivity contribution in [2.75, 3.05) is 11.6 Å². The Bertz CT molecular complexity index is 2370. The van der Waals surface area contributed by atoms with Crippen molar-refractivity contribution in [3.8, 4) is 33.9 Å². The van der Waals surface area contributed by atoms with Gasteiger partial charge in [0.15, 0.2) is 0 Å². The highest BCUT2D eigenvalue weighted by molar-refractivity contribution is 7.88. The number of halogens is 1. The maximum atomic E-state index is 14.6. The number of anilines is 1. The molecular weight excluding hydrogens is 607 g/mol. The first kappa shape index (κ1) is 29.0. The molecule has 228 valence electrons. The summed E-state index contributed by atoms with van der Waals surface area (Å²) in [4.78, 5) is 29.8. The van der Waals surface area contributed by atoms with E-state index in [2.05, 4.69) is 35.2 Å². The second-order valence-electron chi connectivity index (χ2n) is 10.7. The topological polar surface area (TPSA) is 158 Å². The van der Waals surface area contributed by atoms with Crippen LogP contribution in [0.2, 0.25) is 0 Å². The zero-order valence-corrected chi connectivity index (χ0v) is 25.1. The first-order valence-corrected chi connectivity index (χ1v) is 16.0. The van der Waals surface area contributed by atoms with Crippen LogP contribution < -0.4 is 10.0 Å². The first-order valence-electron chi connectivity index (χ1n) is 14.1. The van der Waals surface area contributed by atoms with E-state index in [1.165, 1.54) is 12.1 Å². The molecule has 5 heterocycles. The zero-order chi connectivity index (χ0) is 31.8. The third-order valence-electron chi connectivity index (χ3n) is 7.31. The molecule has 0 radical (unpaired) electrons. The van der Waals surface area contributed by atoms with E-state index in [0.29, 0.717) is 61.8 Å². The normalized spacial score (nSPS) is 11.7. The van der Waals surface area contributed by atoms with E-state index in [0.717, 1.165) is 17.2 Å². The van der Waals surface area contributed by atoms with Crippen LogP contribution in [0.5, 0.6) is 0 Å². The van der Waals surface area contributed by atoms with Gasteiger partial charge in [-0.15, -0.1) is 0 Å². The number of H-pyrrole nitrogens is 2. The second kappa shape index (κ2) is 11.6. The summed E-state index contributed by atoms with van der Waals surface area (Å²) in [6.07, 6.45) is 5.92. The monoisotopic (exact) mass is 632 g/mol. The number of pyridine rings is 3. The van der Waals surface area contributed by atoms with E-state index in [1.807, 2.05) is 30.3 Å². The molecule has 7 rings (SSSR count). The van der Waals surface area contributed by atoms with Crippen LogP contribution in [-0.2, 0) is 16.6 Å². The Morgan fingerprint density at radius 3 is 2.59 bits per heavy atom. The maximum absolute atomic E-state index is 14.6. The van der Waals surface area contributed by atoms with Gasteiger partial charge in [0.2, 0.25) is 10.0 Å². The molecule has 7 aromatic rings. The van der Waals surface area contributed by atoms with Gasteiger partial charge >= 0.3 is 0 Å². The molecule has 0 spiro atoms. The molecule has 13 heteroatoms. The summed E-state index contributed by atoms with van der Waals surface area (Å²) < 4.78 is 40.2. The second-order valence-corrected chi connectivity index (χ2v) is 12.5. The average molecular weight is 633 g/mol. The summed E-state index contributed by atoms with van der Waals surface area (Å²) in [7, 11) is -3.45. The Hall–Kier alpha value is -5.79. The SMILES string of the molecule is CS(=O)(=O)NCc1cc(F)cc(-c2nccc3[nH]c(-c4n[nH]c5ccc(-c6cncc(NC(=O)c7ccccc7)c6)nc45)cc23)c1. The number of nitrogens with one attached hydrogen (secondary N) is 4. The highest BCUT2D eigenvalue weighted by Gasteiger charge is 2.17. The summed E-state index contributed by atoms with van der Waals surface area (Å²) in [6.45, 7) is -0.0525. The average Bonchev–Trinajstić information content (AvgIpc) is 3.68. The van der Waals surface area contributed by atoms with Gasteiger partial charge in [-0.3, -0.25) is 19.9 Å². The highest BCUT2D eigenvalue weighted by Crippen LogP contribution is 2.34. The number of benzene rings is 2. The van der Waals surface area contributed by atoms with Crippen molar-refractivity contribution in [3.63, 3.8) is 0 Å². The Balaban J connectivity index is 1.22. The van der Waals surface area contributed by atoms with Crippen LogP contribution >= 0.6 is 0 Å². The molecular formula is C33H25FN8O3S. The van der Waals surface area contributed by atoms with Gasteiger partial charge < -0.3 is 10.3 Å². The number of carbonyl (C=O) groups is 1. The molecule has 0 unspecified atom stereocenters. The fourth-order valence-corrected chi connectivity index (χ4v) is 5.63. The molecule has 11 nitrogen and oxygen atoms in total. The van der Waals surface area contributed by atoms with Crippen LogP contribution in [-0.4, -0.2) is 50.7 Å². The molecule has 0 aliphatic heterocycles. The number of carbonyl (C=O) groups excluding carboxylic acids is 1. The molecule has 4 N–H and O–H groups in total. The number of rotatable bonds is 8.